The van der Waals surface area contributed by atoms with Gasteiger partial charge in [0.05, 0.1) is 0 Å². The molecule has 0 saturated carbocycles. The monoisotopic (exact) mass is 429 g/mol. The number of anilines is 1. The smallest absolute Gasteiger partial charge is 0.180 e. The molecule has 3 aromatic rings. The van der Waals surface area contributed by atoms with Crippen LogP contribution in [0.15, 0.2) is 36.7 Å². The van der Waals surface area contributed by atoms with E-state index in [1.807, 2.05) is 25.3 Å². The second-order valence-electron chi connectivity index (χ2n) is 10.4. The first-order valence-corrected chi connectivity index (χ1v) is 11.1. The Morgan fingerprint density at radius 3 is 1.77 bits per heavy atom. The Bertz CT molecular complexity index is 875. The Hall–Kier alpha value is -2.21. The summed E-state index contributed by atoms with van der Waals surface area (Å²) in [7, 11) is 0. The third-order valence-electron chi connectivity index (χ3n) is 4.23. The predicted molar refractivity (Wildman–Crippen MR) is 130 cm³/mol. The number of aryl methyl sites for hydroxylation is 1. The number of nitrogens with one attached hydrogen (secondary N) is 1. The van der Waals surface area contributed by atoms with E-state index in [4.69, 9.17) is 5.73 Å². The number of hydrogen-bond donors (Lipinski definition) is 2. The topological polar surface area (TPSA) is 80.5 Å². The molecule has 0 aromatic carbocycles. The van der Waals surface area contributed by atoms with Gasteiger partial charge in [-0.1, -0.05) is 68.4 Å². The number of hydrogen-bond acceptors (Lipinski definition) is 5. The quantitative estimate of drug-likeness (QED) is 0.432. The average molecular weight is 430 g/mol. The number of pyridine rings is 1. The van der Waals surface area contributed by atoms with E-state index in [1.165, 1.54) is 10.6 Å². The van der Waals surface area contributed by atoms with Gasteiger partial charge in [0, 0.05) is 45.2 Å². The zero-order chi connectivity index (χ0) is 23.2. The van der Waals surface area contributed by atoms with Crippen LogP contribution >= 0.6 is 11.3 Å². The van der Waals surface area contributed by atoms with Gasteiger partial charge in [0.15, 0.2) is 5.13 Å². The molecule has 0 spiro atoms. The highest BCUT2D eigenvalue weighted by molar-refractivity contribution is 7.15. The van der Waals surface area contributed by atoms with E-state index >= 15 is 0 Å². The molecule has 0 radical (unpaired) electrons. The summed E-state index contributed by atoms with van der Waals surface area (Å²) in [5.41, 5.74) is 9.49. The fourth-order valence-electron chi connectivity index (χ4n) is 2.27. The van der Waals surface area contributed by atoms with Crippen LogP contribution in [0.2, 0.25) is 0 Å². The minimum atomic E-state index is 0.173. The average Bonchev–Trinajstić information content (AvgIpc) is 3.25. The van der Waals surface area contributed by atoms with Crippen LogP contribution in [0.4, 0.5) is 5.13 Å². The van der Waals surface area contributed by atoms with Crippen LogP contribution in [-0.2, 0) is 16.2 Å². The van der Waals surface area contributed by atoms with E-state index in [0.29, 0.717) is 5.13 Å². The molecule has 0 fully saturated rings. The fourth-order valence-corrected chi connectivity index (χ4v) is 3.01. The summed E-state index contributed by atoms with van der Waals surface area (Å²) in [5.74, 6) is 0. The molecule has 0 atom stereocenters. The van der Waals surface area contributed by atoms with Crippen molar-refractivity contribution in [3.05, 3.63) is 58.6 Å². The van der Waals surface area contributed by atoms with Crippen molar-refractivity contribution in [3.63, 3.8) is 0 Å². The van der Waals surface area contributed by atoms with Gasteiger partial charge in [-0.2, -0.15) is 5.10 Å². The minimum absolute atomic E-state index is 0.173. The Labute approximate surface area is 186 Å². The van der Waals surface area contributed by atoms with Crippen molar-refractivity contribution in [2.24, 2.45) is 0 Å². The largest absolute Gasteiger partial charge is 0.375 e. The maximum absolute atomic E-state index is 5.48. The fraction of sp³-hybridized carbons (Fsp3) is 0.542. The zero-order valence-electron chi connectivity index (χ0n) is 20.3. The number of nitrogens with zero attached hydrogens (tertiary/aromatic N) is 3. The predicted octanol–water partition coefficient (Wildman–Crippen LogP) is 6.42. The number of nitrogens with two attached hydrogens (primary N) is 1. The molecule has 0 amide bonds. The minimum Gasteiger partial charge on any atom is -0.375 e. The standard InChI is InChI=1S/C10H15N.C7H12N2S.C7H12N2/c1-8-6-5-7-9(11-8)10(2,3)4;1-7(2,3)5-4-9-6(8)10-5;1-7(2,3)6-4-5-8-9-6/h5-7H,1-4H3;4H,1-3H3,(H2,8,9);4-5H,1-3H3,(H,8,9). The maximum atomic E-state index is 5.48. The molecular formula is C24H39N5S. The third kappa shape index (κ3) is 9.08. The van der Waals surface area contributed by atoms with Crippen molar-refractivity contribution < 1.29 is 0 Å². The van der Waals surface area contributed by atoms with E-state index in [9.17, 15) is 0 Å². The molecule has 3 heterocycles. The molecule has 0 aliphatic carbocycles. The van der Waals surface area contributed by atoms with Gasteiger partial charge >= 0.3 is 0 Å². The molecule has 0 bridgehead atoms. The second kappa shape index (κ2) is 10.2. The van der Waals surface area contributed by atoms with Crippen molar-refractivity contribution in [1.82, 2.24) is 20.2 Å². The summed E-state index contributed by atoms with van der Waals surface area (Å²) in [4.78, 5) is 9.66. The molecular weight excluding hydrogens is 390 g/mol. The van der Waals surface area contributed by atoms with Gasteiger partial charge in [0.1, 0.15) is 0 Å². The first-order valence-electron chi connectivity index (χ1n) is 10.3. The van der Waals surface area contributed by atoms with Crippen molar-refractivity contribution in [2.75, 3.05) is 5.73 Å². The van der Waals surface area contributed by atoms with Gasteiger partial charge in [0.25, 0.3) is 0 Å². The summed E-state index contributed by atoms with van der Waals surface area (Å²) in [6.45, 7) is 21.5. The summed E-state index contributed by atoms with van der Waals surface area (Å²) in [5, 5.41) is 7.45. The van der Waals surface area contributed by atoms with Crippen LogP contribution in [0.1, 0.15) is 84.3 Å². The first kappa shape index (κ1) is 25.8. The Morgan fingerprint density at radius 2 is 1.50 bits per heavy atom. The third-order valence-corrected chi connectivity index (χ3v) is 5.48. The number of rotatable bonds is 0. The van der Waals surface area contributed by atoms with Crippen LogP contribution in [0.25, 0.3) is 0 Å². The lowest BCUT2D eigenvalue weighted by Gasteiger charge is -2.17. The lowest BCUT2D eigenvalue weighted by Crippen LogP contribution is -2.13. The van der Waals surface area contributed by atoms with Crippen LogP contribution in [0.5, 0.6) is 0 Å². The van der Waals surface area contributed by atoms with Gasteiger partial charge in [-0.15, -0.1) is 11.3 Å². The molecule has 6 heteroatoms. The molecule has 166 valence electrons. The molecule has 0 saturated heterocycles. The Kier molecular flexibility index (Phi) is 8.78. The van der Waals surface area contributed by atoms with E-state index in [0.717, 1.165) is 11.4 Å². The number of H-pyrrole nitrogens is 1. The number of aromatic nitrogens is 4. The SMILES string of the molecule is CC(C)(C)c1ccn[nH]1.CC(C)(C)c1cnc(N)s1.Cc1cccc(C(C)(C)C)n1. The maximum Gasteiger partial charge on any atom is 0.180 e. The van der Waals surface area contributed by atoms with E-state index in [1.54, 1.807) is 17.5 Å². The van der Waals surface area contributed by atoms with Crippen LogP contribution < -0.4 is 5.73 Å². The van der Waals surface area contributed by atoms with Crippen molar-refractivity contribution in [3.8, 4) is 0 Å². The summed E-state index contributed by atoms with van der Waals surface area (Å²) in [6, 6.07) is 8.16. The Balaban J connectivity index is 0.000000226. The Morgan fingerprint density at radius 1 is 0.867 bits per heavy atom. The van der Waals surface area contributed by atoms with Crippen molar-refractivity contribution in [2.45, 2.75) is 85.5 Å². The van der Waals surface area contributed by atoms with Crippen LogP contribution in [0.3, 0.4) is 0 Å². The van der Waals surface area contributed by atoms with E-state index < -0.39 is 0 Å². The summed E-state index contributed by atoms with van der Waals surface area (Å²) >= 11 is 1.56. The first-order chi connectivity index (χ1) is 13.6. The molecule has 3 rings (SSSR count). The van der Waals surface area contributed by atoms with Gasteiger partial charge < -0.3 is 5.73 Å². The van der Waals surface area contributed by atoms with Crippen molar-refractivity contribution in [1.29, 1.82) is 0 Å². The van der Waals surface area contributed by atoms with Gasteiger partial charge in [-0.25, -0.2) is 4.98 Å². The van der Waals surface area contributed by atoms with E-state index in [2.05, 4.69) is 94.6 Å². The summed E-state index contributed by atoms with van der Waals surface area (Å²) < 4.78 is 0. The second-order valence-corrected chi connectivity index (χ2v) is 11.5. The van der Waals surface area contributed by atoms with Crippen molar-refractivity contribution >= 4 is 16.5 Å². The highest BCUT2D eigenvalue weighted by Crippen LogP contribution is 2.28. The summed E-state index contributed by atoms with van der Waals surface area (Å²) in [6.07, 6.45) is 3.63. The molecule has 30 heavy (non-hydrogen) atoms. The number of thiazole rings is 1. The molecule has 0 aliphatic heterocycles. The highest BCUT2D eigenvalue weighted by atomic mass is 32.1. The van der Waals surface area contributed by atoms with Gasteiger partial charge in [-0.05, 0) is 30.5 Å². The van der Waals surface area contributed by atoms with E-state index in [-0.39, 0.29) is 16.2 Å². The number of nitrogen functional groups attached to an aromatic ring is 1. The molecule has 0 aliphatic rings. The molecule has 5 nitrogen and oxygen atoms in total. The zero-order valence-corrected chi connectivity index (χ0v) is 21.1. The molecule has 3 aromatic heterocycles. The lowest BCUT2D eigenvalue weighted by molar-refractivity contribution is 0.566. The van der Waals surface area contributed by atoms with Gasteiger partial charge in [0.2, 0.25) is 0 Å². The normalized spacial score (nSPS) is 11.8. The van der Waals surface area contributed by atoms with Gasteiger partial charge in [-0.3, -0.25) is 10.1 Å². The van der Waals surface area contributed by atoms with Crippen LogP contribution in [-0.4, -0.2) is 20.2 Å². The van der Waals surface area contributed by atoms with Crippen LogP contribution in [0, 0.1) is 6.92 Å². The molecule has 0 unspecified atom stereocenters. The number of aromatic amines is 1. The highest BCUT2D eigenvalue weighted by Gasteiger charge is 2.16. The molecule has 3 N–H and O–H groups in total. The lowest BCUT2D eigenvalue weighted by atomic mass is 9.91.